The molecule has 2 aromatic rings. The van der Waals surface area contributed by atoms with Gasteiger partial charge in [-0.1, -0.05) is 23.8 Å². The molecule has 162 valence electrons. The number of carbonyl (C=O) groups is 1. The highest BCUT2D eigenvalue weighted by Gasteiger charge is 2.34. The number of amides is 1. The van der Waals surface area contributed by atoms with Gasteiger partial charge in [-0.15, -0.1) is 0 Å². The van der Waals surface area contributed by atoms with E-state index in [4.69, 9.17) is 0 Å². The fourth-order valence-electron chi connectivity index (χ4n) is 3.85. The highest BCUT2D eigenvalue weighted by Crippen LogP contribution is 2.19. The van der Waals surface area contributed by atoms with Gasteiger partial charge < -0.3 is 10.2 Å². The number of aryl methyl sites for hydroxylation is 4. The molecule has 1 aliphatic heterocycles. The second kappa shape index (κ2) is 8.88. The van der Waals surface area contributed by atoms with Crippen LogP contribution in [0.1, 0.15) is 29.2 Å². The average molecular weight is 431 g/mol. The number of hydrogen-bond donors (Lipinski definition) is 2. The molecule has 0 saturated carbocycles. The molecule has 0 aromatic heterocycles. The molecule has 2 N–H and O–H groups in total. The van der Waals surface area contributed by atoms with Crippen LogP contribution in [0.2, 0.25) is 0 Å². The molecule has 1 atom stereocenters. The van der Waals surface area contributed by atoms with Crippen molar-refractivity contribution in [3.05, 3.63) is 58.7 Å². The summed E-state index contributed by atoms with van der Waals surface area (Å²) in [6.45, 7) is 11.8. The number of nitrogens with one attached hydrogen (secondary N) is 2. The molecule has 1 heterocycles. The van der Waals surface area contributed by atoms with Gasteiger partial charge in [0.15, 0.2) is 6.04 Å². The van der Waals surface area contributed by atoms with Crippen LogP contribution in [0, 0.1) is 27.7 Å². The molecule has 1 fully saturated rings. The van der Waals surface area contributed by atoms with Gasteiger partial charge in [0.2, 0.25) is 10.0 Å². The van der Waals surface area contributed by atoms with Gasteiger partial charge in [-0.25, -0.2) is 8.42 Å². The average Bonchev–Trinajstić information content (AvgIpc) is 2.71. The van der Waals surface area contributed by atoms with Crippen molar-refractivity contribution in [2.24, 2.45) is 0 Å². The Bertz CT molecular complexity index is 1040. The predicted molar refractivity (Wildman–Crippen MR) is 119 cm³/mol. The monoisotopic (exact) mass is 430 g/mol. The SMILES string of the molecule is Cc1ccc(NC(=O)[C@@H](C)[NH+]2CCN(S(=O)(=O)c3ccc(C)c(C)c3)CC2)c(C)c1. The van der Waals surface area contributed by atoms with Gasteiger partial charge in [0, 0.05) is 5.69 Å². The lowest BCUT2D eigenvalue weighted by atomic mass is 10.1. The Labute approximate surface area is 179 Å². The van der Waals surface area contributed by atoms with Crippen molar-refractivity contribution in [3.8, 4) is 0 Å². The number of hydrogen-bond acceptors (Lipinski definition) is 3. The van der Waals surface area contributed by atoms with Crippen LogP contribution >= 0.6 is 0 Å². The quantitative estimate of drug-likeness (QED) is 0.760. The van der Waals surface area contributed by atoms with Gasteiger partial charge >= 0.3 is 0 Å². The number of anilines is 1. The summed E-state index contributed by atoms with van der Waals surface area (Å²) < 4.78 is 27.5. The molecule has 3 rings (SSSR count). The third-order valence-electron chi connectivity index (χ3n) is 6.13. The Balaban J connectivity index is 1.62. The summed E-state index contributed by atoms with van der Waals surface area (Å²) in [7, 11) is -3.51. The van der Waals surface area contributed by atoms with Gasteiger partial charge in [0.05, 0.1) is 31.1 Å². The van der Waals surface area contributed by atoms with Crippen LogP contribution in [-0.2, 0) is 14.8 Å². The third kappa shape index (κ3) is 4.74. The summed E-state index contributed by atoms with van der Waals surface area (Å²) in [5, 5.41) is 3.02. The highest BCUT2D eigenvalue weighted by atomic mass is 32.2. The Morgan fingerprint density at radius 2 is 1.63 bits per heavy atom. The van der Waals surface area contributed by atoms with Crippen molar-refractivity contribution >= 4 is 21.6 Å². The lowest BCUT2D eigenvalue weighted by Gasteiger charge is -2.34. The fourth-order valence-corrected chi connectivity index (χ4v) is 5.38. The van der Waals surface area contributed by atoms with E-state index in [9.17, 15) is 13.2 Å². The number of nitrogens with zero attached hydrogens (tertiary/aromatic N) is 1. The predicted octanol–water partition coefficient (Wildman–Crippen LogP) is 1.84. The Kier molecular flexibility index (Phi) is 6.65. The lowest BCUT2D eigenvalue weighted by molar-refractivity contribution is -0.917. The minimum atomic E-state index is -3.51. The van der Waals surface area contributed by atoms with Crippen molar-refractivity contribution in [2.45, 2.75) is 45.6 Å². The summed E-state index contributed by atoms with van der Waals surface area (Å²) in [4.78, 5) is 14.2. The standard InChI is InChI=1S/C23H31N3O3S/c1-16-6-9-22(19(4)14-16)24-23(27)20(5)25-10-12-26(13-11-25)30(28,29)21-8-7-17(2)18(3)15-21/h6-9,14-15,20H,10-13H2,1-5H3,(H,24,27)/p+1/t20-/m1/s1. The molecule has 30 heavy (non-hydrogen) atoms. The number of sulfonamides is 1. The molecule has 1 saturated heterocycles. The van der Waals surface area contributed by atoms with Gasteiger partial charge in [-0.2, -0.15) is 4.31 Å². The van der Waals surface area contributed by atoms with Crippen LogP contribution in [0.25, 0.3) is 0 Å². The van der Waals surface area contributed by atoms with Crippen LogP contribution in [0.15, 0.2) is 41.3 Å². The molecule has 0 spiro atoms. The van der Waals surface area contributed by atoms with E-state index in [2.05, 4.69) is 5.32 Å². The van der Waals surface area contributed by atoms with Crippen LogP contribution < -0.4 is 10.2 Å². The summed E-state index contributed by atoms with van der Waals surface area (Å²) in [5.74, 6) is -0.0394. The van der Waals surface area contributed by atoms with Crippen molar-refractivity contribution < 1.29 is 18.1 Å². The smallest absolute Gasteiger partial charge is 0.282 e. The number of rotatable bonds is 5. The number of piperazine rings is 1. The van der Waals surface area contributed by atoms with Crippen molar-refractivity contribution in [1.29, 1.82) is 0 Å². The molecule has 0 unspecified atom stereocenters. The van der Waals surface area contributed by atoms with Gasteiger partial charge in [-0.3, -0.25) is 4.79 Å². The van der Waals surface area contributed by atoms with E-state index in [1.54, 1.807) is 12.1 Å². The third-order valence-corrected chi connectivity index (χ3v) is 8.02. The van der Waals surface area contributed by atoms with E-state index in [0.29, 0.717) is 31.1 Å². The van der Waals surface area contributed by atoms with E-state index in [-0.39, 0.29) is 11.9 Å². The summed E-state index contributed by atoms with van der Waals surface area (Å²) in [5.41, 5.74) is 5.07. The van der Waals surface area contributed by atoms with Gasteiger partial charge in [-0.05, 0) is 69.5 Å². The van der Waals surface area contributed by atoms with Gasteiger partial charge in [0.1, 0.15) is 0 Å². The maximum absolute atomic E-state index is 13.0. The highest BCUT2D eigenvalue weighted by molar-refractivity contribution is 7.89. The van der Waals surface area contributed by atoms with Gasteiger partial charge in [0.25, 0.3) is 5.91 Å². The topological polar surface area (TPSA) is 70.9 Å². The maximum Gasteiger partial charge on any atom is 0.282 e. The zero-order valence-electron chi connectivity index (χ0n) is 18.5. The number of carbonyl (C=O) groups excluding carboxylic acids is 1. The molecular formula is C23H32N3O3S+. The largest absolute Gasteiger partial charge is 0.323 e. The zero-order chi connectivity index (χ0) is 22.1. The minimum Gasteiger partial charge on any atom is -0.323 e. The minimum absolute atomic E-state index is 0.0394. The van der Waals surface area contributed by atoms with E-state index in [1.165, 1.54) is 4.31 Å². The first-order chi connectivity index (χ1) is 14.1. The first-order valence-electron chi connectivity index (χ1n) is 10.4. The molecule has 2 aromatic carbocycles. The van der Waals surface area contributed by atoms with Crippen LogP contribution in [-0.4, -0.2) is 50.9 Å². The van der Waals surface area contributed by atoms with Crippen molar-refractivity contribution in [1.82, 2.24) is 4.31 Å². The summed E-state index contributed by atoms with van der Waals surface area (Å²) in [6, 6.07) is 11.0. The second-order valence-electron chi connectivity index (χ2n) is 8.34. The molecule has 0 aliphatic carbocycles. The Morgan fingerprint density at radius 1 is 0.967 bits per heavy atom. The van der Waals surface area contributed by atoms with Crippen molar-refractivity contribution in [3.63, 3.8) is 0 Å². The van der Waals surface area contributed by atoms with E-state index in [1.807, 2.05) is 58.9 Å². The van der Waals surface area contributed by atoms with Crippen molar-refractivity contribution in [2.75, 3.05) is 31.5 Å². The second-order valence-corrected chi connectivity index (χ2v) is 10.3. The molecule has 6 nitrogen and oxygen atoms in total. The molecule has 1 amide bonds. The zero-order valence-corrected chi connectivity index (χ0v) is 19.3. The van der Waals surface area contributed by atoms with E-state index < -0.39 is 10.0 Å². The van der Waals surface area contributed by atoms with E-state index in [0.717, 1.165) is 32.8 Å². The molecule has 0 bridgehead atoms. The molecule has 7 heteroatoms. The molecule has 1 aliphatic rings. The van der Waals surface area contributed by atoms with E-state index >= 15 is 0 Å². The maximum atomic E-state index is 13.0. The van der Waals surface area contributed by atoms with Crippen LogP contribution in [0.4, 0.5) is 5.69 Å². The molecule has 0 radical (unpaired) electrons. The Morgan fingerprint density at radius 3 is 2.23 bits per heavy atom. The summed E-state index contributed by atoms with van der Waals surface area (Å²) in [6.07, 6.45) is 0. The first-order valence-corrected chi connectivity index (χ1v) is 11.8. The first kappa shape index (κ1) is 22.5. The van der Waals surface area contributed by atoms with Crippen LogP contribution in [0.5, 0.6) is 0 Å². The summed E-state index contributed by atoms with van der Waals surface area (Å²) >= 11 is 0. The van der Waals surface area contributed by atoms with Crippen LogP contribution in [0.3, 0.4) is 0 Å². The number of benzene rings is 2. The fraction of sp³-hybridized carbons (Fsp3) is 0.435. The molecular weight excluding hydrogens is 398 g/mol. The lowest BCUT2D eigenvalue weighted by Crippen LogP contribution is -3.19. The number of quaternary nitrogens is 1. The Hall–Kier alpha value is -2.22. The normalized spacial score (nSPS) is 17.0.